The largest absolute Gasteiger partial charge is 0.352 e. The average Bonchev–Trinajstić information content (AvgIpc) is 3.20. The highest BCUT2D eigenvalue weighted by Gasteiger charge is 2.25. The minimum absolute atomic E-state index is 0.207. The minimum Gasteiger partial charge on any atom is -0.352 e. The van der Waals surface area contributed by atoms with Crippen LogP contribution in [-0.4, -0.2) is 67.6 Å². The number of amides is 1. The molecule has 0 bridgehead atoms. The standard InChI is InChI=1S/C14H28N4O/c15-6-2-1-3-7-17-8-10-18(11-9-17)12-14(19)16-13-4-5-13/h13H,1-12,15H2,(H,16,19). The van der Waals surface area contributed by atoms with Gasteiger partial charge < -0.3 is 16.0 Å². The third-order valence-corrected chi connectivity index (χ3v) is 3.95. The van der Waals surface area contributed by atoms with Gasteiger partial charge in [0.2, 0.25) is 5.91 Å². The second-order valence-corrected chi connectivity index (χ2v) is 5.81. The van der Waals surface area contributed by atoms with E-state index in [9.17, 15) is 4.79 Å². The zero-order chi connectivity index (χ0) is 13.5. The summed E-state index contributed by atoms with van der Waals surface area (Å²) in [6.07, 6.45) is 5.96. The Kier molecular flexibility index (Phi) is 6.07. The Bertz CT molecular complexity index is 273. The highest BCUT2D eigenvalue weighted by atomic mass is 16.2. The van der Waals surface area contributed by atoms with Crippen LogP contribution >= 0.6 is 0 Å². The van der Waals surface area contributed by atoms with E-state index in [1.807, 2.05) is 0 Å². The van der Waals surface area contributed by atoms with Crippen LogP contribution in [0.15, 0.2) is 0 Å². The van der Waals surface area contributed by atoms with Crippen LogP contribution in [0.1, 0.15) is 32.1 Å². The molecule has 2 aliphatic rings. The lowest BCUT2D eigenvalue weighted by molar-refractivity contribution is -0.122. The molecule has 1 amide bonds. The van der Waals surface area contributed by atoms with Gasteiger partial charge in [0, 0.05) is 32.2 Å². The summed E-state index contributed by atoms with van der Waals surface area (Å²) in [7, 11) is 0. The van der Waals surface area contributed by atoms with Crippen molar-refractivity contribution in [1.29, 1.82) is 0 Å². The van der Waals surface area contributed by atoms with E-state index < -0.39 is 0 Å². The van der Waals surface area contributed by atoms with E-state index in [4.69, 9.17) is 5.73 Å². The van der Waals surface area contributed by atoms with E-state index in [1.165, 1.54) is 32.2 Å². The first kappa shape index (κ1) is 14.8. The summed E-state index contributed by atoms with van der Waals surface area (Å²) in [4.78, 5) is 16.5. The summed E-state index contributed by atoms with van der Waals surface area (Å²) in [5, 5.41) is 3.05. The van der Waals surface area contributed by atoms with Crippen molar-refractivity contribution in [2.45, 2.75) is 38.1 Å². The van der Waals surface area contributed by atoms with Crippen LogP contribution in [0, 0.1) is 0 Å². The topological polar surface area (TPSA) is 61.6 Å². The molecule has 1 saturated heterocycles. The van der Waals surface area contributed by atoms with Crippen molar-refractivity contribution >= 4 is 5.91 Å². The smallest absolute Gasteiger partial charge is 0.234 e. The molecule has 5 nitrogen and oxygen atoms in total. The Morgan fingerprint density at radius 3 is 2.37 bits per heavy atom. The van der Waals surface area contributed by atoms with Gasteiger partial charge in [-0.1, -0.05) is 6.42 Å². The molecule has 1 aliphatic carbocycles. The third-order valence-electron chi connectivity index (χ3n) is 3.95. The first-order chi connectivity index (χ1) is 9.28. The summed E-state index contributed by atoms with van der Waals surface area (Å²) in [6, 6.07) is 0.483. The molecule has 0 spiro atoms. The van der Waals surface area contributed by atoms with Gasteiger partial charge >= 0.3 is 0 Å². The molecule has 3 N–H and O–H groups in total. The molecule has 0 unspecified atom stereocenters. The summed E-state index contributed by atoms with van der Waals surface area (Å²) in [5.41, 5.74) is 5.49. The Balaban J connectivity index is 1.52. The predicted molar refractivity (Wildman–Crippen MR) is 77.0 cm³/mol. The van der Waals surface area contributed by atoms with Gasteiger partial charge in [-0.15, -0.1) is 0 Å². The molecule has 0 radical (unpaired) electrons. The van der Waals surface area contributed by atoms with Crippen LogP contribution in [0.3, 0.4) is 0 Å². The van der Waals surface area contributed by atoms with E-state index in [1.54, 1.807) is 0 Å². The van der Waals surface area contributed by atoms with Gasteiger partial charge in [-0.25, -0.2) is 0 Å². The number of carbonyl (C=O) groups excluding carboxylic acids is 1. The molecule has 1 heterocycles. The Morgan fingerprint density at radius 2 is 1.74 bits per heavy atom. The van der Waals surface area contributed by atoms with Crippen molar-refractivity contribution in [3.63, 3.8) is 0 Å². The number of carbonyl (C=O) groups is 1. The SMILES string of the molecule is NCCCCCN1CCN(CC(=O)NC2CC2)CC1. The number of nitrogens with two attached hydrogens (primary N) is 1. The fraction of sp³-hybridized carbons (Fsp3) is 0.929. The van der Waals surface area contributed by atoms with E-state index in [0.29, 0.717) is 12.6 Å². The molecule has 1 saturated carbocycles. The van der Waals surface area contributed by atoms with E-state index in [-0.39, 0.29) is 5.91 Å². The van der Waals surface area contributed by atoms with Crippen molar-refractivity contribution in [2.24, 2.45) is 5.73 Å². The summed E-state index contributed by atoms with van der Waals surface area (Å²) >= 11 is 0. The fourth-order valence-corrected chi connectivity index (χ4v) is 2.53. The van der Waals surface area contributed by atoms with Gasteiger partial charge in [-0.2, -0.15) is 0 Å². The molecular formula is C14H28N4O. The Morgan fingerprint density at radius 1 is 1.05 bits per heavy atom. The predicted octanol–water partition coefficient (Wildman–Crippen LogP) is 0.0116. The van der Waals surface area contributed by atoms with E-state index in [2.05, 4.69) is 15.1 Å². The number of rotatable bonds is 8. The lowest BCUT2D eigenvalue weighted by atomic mass is 10.2. The number of hydrogen-bond acceptors (Lipinski definition) is 4. The van der Waals surface area contributed by atoms with Crippen molar-refractivity contribution < 1.29 is 4.79 Å². The number of hydrogen-bond donors (Lipinski definition) is 2. The number of unbranched alkanes of at least 4 members (excludes halogenated alkanes) is 2. The summed E-state index contributed by atoms with van der Waals surface area (Å²) in [6.45, 7) is 6.81. The van der Waals surface area contributed by atoms with Crippen molar-refractivity contribution in [1.82, 2.24) is 15.1 Å². The molecule has 0 aromatic carbocycles. The Labute approximate surface area is 116 Å². The van der Waals surface area contributed by atoms with Gasteiger partial charge in [0.15, 0.2) is 0 Å². The van der Waals surface area contributed by atoms with Crippen LogP contribution < -0.4 is 11.1 Å². The van der Waals surface area contributed by atoms with Crippen LogP contribution in [0.5, 0.6) is 0 Å². The second-order valence-electron chi connectivity index (χ2n) is 5.81. The van der Waals surface area contributed by atoms with Gasteiger partial charge in [-0.05, 0) is 38.8 Å². The zero-order valence-corrected chi connectivity index (χ0v) is 11.9. The summed E-state index contributed by atoms with van der Waals surface area (Å²) < 4.78 is 0. The van der Waals surface area contributed by atoms with Crippen molar-refractivity contribution in [3.8, 4) is 0 Å². The van der Waals surface area contributed by atoms with Crippen LogP contribution in [-0.2, 0) is 4.79 Å². The molecule has 0 atom stereocenters. The first-order valence-electron chi connectivity index (χ1n) is 7.72. The van der Waals surface area contributed by atoms with Gasteiger partial charge in [0.25, 0.3) is 0 Å². The number of piperazine rings is 1. The molecule has 110 valence electrons. The lowest BCUT2D eigenvalue weighted by Gasteiger charge is -2.34. The summed E-state index contributed by atoms with van der Waals surface area (Å²) in [5.74, 6) is 0.207. The highest BCUT2D eigenvalue weighted by Crippen LogP contribution is 2.18. The fourth-order valence-electron chi connectivity index (χ4n) is 2.53. The second kappa shape index (κ2) is 7.82. The van der Waals surface area contributed by atoms with Crippen LogP contribution in [0.4, 0.5) is 0 Å². The molecule has 2 fully saturated rings. The molecule has 0 aromatic heterocycles. The maximum Gasteiger partial charge on any atom is 0.234 e. The molecule has 5 heteroatoms. The van der Waals surface area contributed by atoms with E-state index in [0.717, 1.165) is 39.1 Å². The lowest BCUT2D eigenvalue weighted by Crippen LogP contribution is -2.49. The minimum atomic E-state index is 0.207. The highest BCUT2D eigenvalue weighted by molar-refractivity contribution is 5.78. The normalized spacial score (nSPS) is 21.5. The first-order valence-corrected chi connectivity index (χ1v) is 7.72. The third kappa shape index (κ3) is 5.89. The van der Waals surface area contributed by atoms with Gasteiger partial charge in [-0.3, -0.25) is 9.69 Å². The monoisotopic (exact) mass is 268 g/mol. The quantitative estimate of drug-likeness (QED) is 0.609. The van der Waals surface area contributed by atoms with Crippen LogP contribution in [0.25, 0.3) is 0 Å². The van der Waals surface area contributed by atoms with Gasteiger partial charge in [0.05, 0.1) is 6.54 Å². The molecule has 1 aliphatic heterocycles. The van der Waals surface area contributed by atoms with E-state index >= 15 is 0 Å². The molecular weight excluding hydrogens is 240 g/mol. The maximum atomic E-state index is 11.7. The molecule has 19 heavy (non-hydrogen) atoms. The van der Waals surface area contributed by atoms with Gasteiger partial charge in [0.1, 0.15) is 0 Å². The zero-order valence-electron chi connectivity index (χ0n) is 11.9. The Hall–Kier alpha value is -0.650. The number of nitrogens with one attached hydrogen (secondary N) is 1. The number of nitrogens with zero attached hydrogens (tertiary/aromatic N) is 2. The molecule has 0 aromatic rings. The maximum absolute atomic E-state index is 11.7. The van der Waals surface area contributed by atoms with Crippen molar-refractivity contribution in [2.75, 3.05) is 45.8 Å². The van der Waals surface area contributed by atoms with Crippen LogP contribution in [0.2, 0.25) is 0 Å². The van der Waals surface area contributed by atoms with Crippen molar-refractivity contribution in [3.05, 3.63) is 0 Å². The molecule has 2 rings (SSSR count). The average molecular weight is 268 g/mol.